The van der Waals surface area contributed by atoms with E-state index < -0.39 is 5.60 Å². The molecule has 2 aromatic carbocycles. The number of nitrogens with one attached hydrogen (secondary N) is 1. The van der Waals surface area contributed by atoms with Crippen LogP contribution in [0, 0.1) is 13.8 Å². The molecule has 144 valence electrons. The molecule has 3 aromatic rings. The number of carbonyl (C=O) groups is 1. The summed E-state index contributed by atoms with van der Waals surface area (Å²) in [6.45, 7) is 4.20. The predicted molar refractivity (Wildman–Crippen MR) is 116 cm³/mol. The molecule has 0 saturated carbocycles. The van der Waals surface area contributed by atoms with Crippen LogP contribution in [0.1, 0.15) is 23.1 Å². The van der Waals surface area contributed by atoms with Gasteiger partial charge in [-0.2, -0.15) is 0 Å². The van der Waals surface area contributed by atoms with Gasteiger partial charge >= 0.3 is 0 Å². The number of halogens is 1. The van der Waals surface area contributed by atoms with Gasteiger partial charge in [0.05, 0.1) is 7.11 Å². The average Bonchev–Trinajstić information content (AvgIpc) is 3.09. The van der Waals surface area contributed by atoms with Crippen LogP contribution < -0.4 is 0 Å². The van der Waals surface area contributed by atoms with Gasteiger partial charge in [-0.1, -0.05) is 28.1 Å². The fourth-order valence-corrected chi connectivity index (χ4v) is 4.74. The lowest BCUT2D eigenvalue weighted by Gasteiger charge is -2.37. The minimum Gasteiger partial charge on any atom is -0.498 e. The van der Waals surface area contributed by atoms with Crippen LogP contribution >= 0.6 is 15.9 Å². The van der Waals surface area contributed by atoms with Crippen LogP contribution in [0.2, 0.25) is 0 Å². The van der Waals surface area contributed by atoms with E-state index in [0.29, 0.717) is 17.8 Å². The third kappa shape index (κ3) is 2.65. The van der Waals surface area contributed by atoms with Gasteiger partial charge in [0.25, 0.3) is 0 Å². The molecule has 1 heterocycles. The summed E-state index contributed by atoms with van der Waals surface area (Å²) < 4.78 is 12.8. The quantitative estimate of drug-likeness (QED) is 0.538. The van der Waals surface area contributed by atoms with Gasteiger partial charge in [-0.05, 0) is 60.4 Å². The standard InChI is InChI=1S/C23H22BrNO3/c1-13-9-18(23(28-4)11-15(12-26)5-8-20(23)27-3)14(2)21-17-10-16(24)6-7-19(17)25-22(13)21/h5-10,12,25H,11H2,1-4H3. The Morgan fingerprint density at radius 2 is 1.96 bits per heavy atom. The molecule has 1 unspecified atom stereocenters. The summed E-state index contributed by atoms with van der Waals surface area (Å²) in [5.74, 6) is 0.698. The third-order valence-electron chi connectivity index (χ3n) is 5.75. The van der Waals surface area contributed by atoms with E-state index in [1.165, 1.54) is 5.39 Å². The van der Waals surface area contributed by atoms with E-state index in [0.717, 1.165) is 43.9 Å². The Labute approximate surface area is 172 Å². The van der Waals surface area contributed by atoms with Crippen molar-refractivity contribution >= 4 is 44.0 Å². The number of benzene rings is 2. The number of hydrogen-bond donors (Lipinski definition) is 1. The Kier molecular flexibility index (Phi) is 4.68. The van der Waals surface area contributed by atoms with Crippen molar-refractivity contribution in [1.29, 1.82) is 0 Å². The summed E-state index contributed by atoms with van der Waals surface area (Å²) >= 11 is 3.59. The highest BCUT2D eigenvalue weighted by atomic mass is 79.9. The number of ether oxygens (including phenoxy) is 2. The third-order valence-corrected chi connectivity index (χ3v) is 6.24. The smallest absolute Gasteiger partial charge is 0.154 e. The first-order chi connectivity index (χ1) is 13.4. The van der Waals surface area contributed by atoms with Crippen molar-refractivity contribution in [2.24, 2.45) is 0 Å². The van der Waals surface area contributed by atoms with Crippen molar-refractivity contribution in [3.05, 3.63) is 68.9 Å². The maximum absolute atomic E-state index is 11.5. The largest absolute Gasteiger partial charge is 0.498 e. The Balaban J connectivity index is 2.08. The number of allylic oxidation sites excluding steroid dienone is 2. The van der Waals surface area contributed by atoms with E-state index in [4.69, 9.17) is 9.47 Å². The van der Waals surface area contributed by atoms with Crippen LogP contribution in [0.15, 0.2) is 52.2 Å². The van der Waals surface area contributed by atoms with Crippen molar-refractivity contribution in [2.75, 3.05) is 14.2 Å². The van der Waals surface area contributed by atoms with Gasteiger partial charge in [0.15, 0.2) is 5.60 Å². The highest BCUT2D eigenvalue weighted by Gasteiger charge is 2.42. The maximum atomic E-state index is 11.5. The van der Waals surface area contributed by atoms with Crippen molar-refractivity contribution in [3.8, 4) is 0 Å². The van der Waals surface area contributed by atoms with E-state index in [2.05, 4.69) is 53.0 Å². The zero-order valence-corrected chi connectivity index (χ0v) is 17.9. The molecule has 4 rings (SSSR count). The fourth-order valence-electron chi connectivity index (χ4n) is 4.38. The number of H-pyrrole nitrogens is 1. The second-order valence-electron chi connectivity index (χ2n) is 7.23. The molecule has 0 aliphatic heterocycles. The predicted octanol–water partition coefficient (Wildman–Crippen LogP) is 5.60. The molecule has 0 bridgehead atoms. The van der Waals surface area contributed by atoms with Gasteiger partial charge in [0, 0.05) is 39.8 Å². The van der Waals surface area contributed by atoms with E-state index in [1.807, 2.05) is 12.1 Å². The average molecular weight is 440 g/mol. The molecule has 4 nitrogen and oxygen atoms in total. The molecule has 0 spiro atoms. The summed E-state index contributed by atoms with van der Waals surface area (Å²) in [7, 11) is 3.31. The lowest BCUT2D eigenvalue weighted by atomic mass is 9.78. The van der Waals surface area contributed by atoms with Gasteiger partial charge in [0.1, 0.15) is 12.0 Å². The Bertz CT molecular complexity index is 1170. The molecule has 1 aliphatic carbocycles. The Morgan fingerprint density at radius 1 is 1.18 bits per heavy atom. The number of rotatable bonds is 4. The summed E-state index contributed by atoms with van der Waals surface area (Å²) in [5.41, 5.74) is 5.30. The molecule has 0 radical (unpaired) electrons. The molecule has 1 aromatic heterocycles. The molecule has 1 atom stereocenters. The van der Waals surface area contributed by atoms with Gasteiger partial charge in [0.2, 0.25) is 0 Å². The number of methoxy groups -OCH3 is 2. The monoisotopic (exact) mass is 439 g/mol. The first kappa shape index (κ1) is 19.0. The van der Waals surface area contributed by atoms with Crippen molar-refractivity contribution in [3.63, 3.8) is 0 Å². The number of aromatic amines is 1. The fraction of sp³-hybridized carbons (Fsp3) is 0.261. The second kappa shape index (κ2) is 6.90. The number of fused-ring (bicyclic) bond motifs is 3. The summed E-state index contributed by atoms with van der Waals surface area (Å²) in [6.07, 6.45) is 4.96. The zero-order valence-electron chi connectivity index (χ0n) is 16.4. The Morgan fingerprint density at radius 3 is 2.64 bits per heavy atom. The van der Waals surface area contributed by atoms with Crippen molar-refractivity contribution < 1.29 is 14.3 Å². The van der Waals surface area contributed by atoms with E-state index in [1.54, 1.807) is 20.3 Å². The maximum Gasteiger partial charge on any atom is 0.154 e. The summed E-state index contributed by atoms with van der Waals surface area (Å²) in [4.78, 5) is 15.1. The van der Waals surface area contributed by atoms with Gasteiger partial charge in [-0.3, -0.25) is 4.79 Å². The van der Waals surface area contributed by atoms with Crippen LogP contribution in [0.5, 0.6) is 0 Å². The van der Waals surface area contributed by atoms with Gasteiger partial charge < -0.3 is 14.5 Å². The number of aldehydes is 1. The molecule has 28 heavy (non-hydrogen) atoms. The topological polar surface area (TPSA) is 51.3 Å². The molecule has 0 fully saturated rings. The lowest BCUT2D eigenvalue weighted by molar-refractivity contribution is -0.106. The minimum atomic E-state index is -0.835. The van der Waals surface area contributed by atoms with E-state index in [-0.39, 0.29) is 0 Å². The van der Waals surface area contributed by atoms with Crippen LogP contribution in [-0.4, -0.2) is 25.5 Å². The molecule has 0 amide bonds. The van der Waals surface area contributed by atoms with Crippen LogP contribution in [0.4, 0.5) is 0 Å². The normalized spacial score (nSPS) is 19.6. The van der Waals surface area contributed by atoms with Crippen LogP contribution in [0.3, 0.4) is 0 Å². The number of hydrogen-bond acceptors (Lipinski definition) is 3. The number of aromatic nitrogens is 1. The van der Waals surface area contributed by atoms with Crippen molar-refractivity contribution in [2.45, 2.75) is 25.9 Å². The highest BCUT2D eigenvalue weighted by Crippen LogP contribution is 2.46. The second-order valence-corrected chi connectivity index (χ2v) is 8.15. The SMILES string of the molecule is COC1=CC=C(C=O)CC1(OC)c1cc(C)c2[nH]c3ccc(Br)cc3c2c1C. The number of carbonyl (C=O) groups excluding carboxylic acids is 1. The molecule has 0 saturated heterocycles. The number of aryl methyl sites for hydroxylation is 2. The summed E-state index contributed by atoms with van der Waals surface area (Å²) in [6, 6.07) is 8.40. The molecular formula is C23H22BrNO3. The first-order valence-corrected chi connectivity index (χ1v) is 9.91. The Hall–Kier alpha value is -2.37. The summed E-state index contributed by atoms with van der Waals surface area (Å²) in [5, 5.41) is 2.32. The first-order valence-electron chi connectivity index (χ1n) is 9.12. The van der Waals surface area contributed by atoms with Gasteiger partial charge in [-0.25, -0.2) is 0 Å². The molecule has 1 aliphatic rings. The zero-order chi connectivity index (χ0) is 20.1. The minimum absolute atomic E-state index is 0.435. The molecule has 5 heteroatoms. The molecule has 1 N–H and O–H groups in total. The molecular weight excluding hydrogens is 418 g/mol. The van der Waals surface area contributed by atoms with Gasteiger partial charge in [-0.15, -0.1) is 0 Å². The van der Waals surface area contributed by atoms with Crippen LogP contribution in [-0.2, 0) is 19.9 Å². The lowest BCUT2D eigenvalue weighted by Crippen LogP contribution is -2.35. The highest BCUT2D eigenvalue weighted by molar-refractivity contribution is 9.10. The van der Waals surface area contributed by atoms with E-state index in [9.17, 15) is 4.79 Å². The van der Waals surface area contributed by atoms with E-state index >= 15 is 0 Å². The van der Waals surface area contributed by atoms with Crippen LogP contribution in [0.25, 0.3) is 21.8 Å². The van der Waals surface area contributed by atoms with Crippen molar-refractivity contribution in [1.82, 2.24) is 4.98 Å².